The molecule has 3 rings (SSSR count). The molecule has 0 unspecified atom stereocenters. The predicted octanol–water partition coefficient (Wildman–Crippen LogP) is 3.72. The predicted molar refractivity (Wildman–Crippen MR) is 96.8 cm³/mol. The number of aryl methyl sites for hydroxylation is 3. The van der Waals surface area contributed by atoms with Gasteiger partial charge in [0, 0.05) is 28.8 Å². The second-order valence-electron chi connectivity index (χ2n) is 5.95. The van der Waals surface area contributed by atoms with Crippen molar-refractivity contribution >= 4 is 22.0 Å². The van der Waals surface area contributed by atoms with Gasteiger partial charge in [0.05, 0.1) is 5.69 Å². The smallest absolute Gasteiger partial charge is 0.127 e. The maximum atomic E-state index is 5.79. The zero-order chi connectivity index (χ0) is 16.2. The monoisotopic (exact) mass is 375 g/mol. The van der Waals surface area contributed by atoms with Crippen LogP contribution in [-0.2, 0) is 6.54 Å². The Labute approximate surface area is 145 Å². The first kappa shape index (κ1) is 16.3. The molecule has 0 atom stereocenters. The summed E-state index contributed by atoms with van der Waals surface area (Å²) in [6.07, 6.45) is 3.29. The molecule has 2 heterocycles. The molecule has 0 amide bonds. The molecule has 1 aromatic carbocycles. The zero-order valence-corrected chi connectivity index (χ0v) is 15.2. The molecule has 0 saturated carbocycles. The average Bonchev–Trinajstić information content (AvgIpc) is 2.84. The van der Waals surface area contributed by atoms with Gasteiger partial charge in [-0.05, 0) is 62.7 Å². The van der Waals surface area contributed by atoms with Gasteiger partial charge in [0.1, 0.15) is 12.4 Å². The van der Waals surface area contributed by atoms with E-state index in [0.717, 1.165) is 47.5 Å². The van der Waals surface area contributed by atoms with E-state index in [1.165, 1.54) is 11.3 Å². The fraction of sp³-hybridized carbons (Fsp3) is 0.389. The van der Waals surface area contributed by atoms with Crippen molar-refractivity contribution in [2.75, 3.05) is 19.7 Å². The molecule has 0 spiro atoms. The maximum absolute atomic E-state index is 5.79. The number of hydrogen-bond donors (Lipinski definition) is 1. The second-order valence-corrected chi connectivity index (χ2v) is 6.87. The number of rotatable bonds is 6. The Morgan fingerprint density at radius 2 is 2.17 bits per heavy atom. The Morgan fingerprint density at radius 3 is 2.96 bits per heavy atom. The number of ether oxygens (including phenoxy) is 1. The van der Waals surface area contributed by atoms with E-state index in [2.05, 4.69) is 56.2 Å². The lowest BCUT2D eigenvalue weighted by molar-refractivity contribution is 0.342. The van der Waals surface area contributed by atoms with E-state index in [4.69, 9.17) is 4.74 Å². The third-order valence-electron chi connectivity index (χ3n) is 3.92. The van der Waals surface area contributed by atoms with Gasteiger partial charge < -0.3 is 10.1 Å². The molecule has 5 heteroatoms. The van der Waals surface area contributed by atoms with E-state index in [1.54, 1.807) is 0 Å². The molecular formula is C18H22BrN3O. The number of benzene rings is 1. The number of fused-ring (bicyclic) bond motifs is 1. The molecule has 0 radical (unpaired) electrons. The molecule has 1 aliphatic heterocycles. The lowest BCUT2D eigenvalue weighted by Crippen LogP contribution is -2.23. The molecule has 4 nitrogen and oxygen atoms in total. The molecule has 0 saturated heterocycles. The Kier molecular flexibility index (Phi) is 5.18. The lowest BCUT2D eigenvalue weighted by atomic mass is 10.1. The summed E-state index contributed by atoms with van der Waals surface area (Å²) in [6, 6.07) is 8.23. The van der Waals surface area contributed by atoms with Crippen LogP contribution in [-0.4, -0.2) is 29.5 Å². The van der Waals surface area contributed by atoms with E-state index >= 15 is 0 Å². The van der Waals surface area contributed by atoms with Crippen LogP contribution in [0.5, 0.6) is 5.75 Å². The fourth-order valence-corrected chi connectivity index (χ4v) is 3.18. The molecule has 2 aromatic rings. The van der Waals surface area contributed by atoms with Gasteiger partial charge in [-0.2, -0.15) is 5.10 Å². The maximum Gasteiger partial charge on any atom is 0.127 e. The quantitative estimate of drug-likeness (QED) is 0.782. The van der Waals surface area contributed by atoms with Gasteiger partial charge in [0.15, 0.2) is 0 Å². The molecule has 0 bridgehead atoms. The molecule has 1 aromatic heterocycles. The fourth-order valence-electron chi connectivity index (χ4n) is 2.80. The Hall–Kier alpha value is -1.59. The van der Waals surface area contributed by atoms with Gasteiger partial charge >= 0.3 is 0 Å². The van der Waals surface area contributed by atoms with Gasteiger partial charge in [-0.3, -0.25) is 4.68 Å². The number of aromatic nitrogens is 2. The summed E-state index contributed by atoms with van der Waals surface area (Å²) in [5.41, 5.74) is 4.74. The Balaban J connectivity index is 1.45. The molecule has 0 aliphatic carbocycles. The van der Waals surface area contributed by atoms with Crippen LogP contribution in [0.3, 0.4) is 0 Å². The number of nitrogens with one attached hydrogen (secondary N) is 1. The van der Waals surface area contributed by atoms with Crippen LogP contribution in [0, 0.1) is 13.8 Å². The van der Waals surface area contributed by atoms with Gasteiger partial charge in [-0.25, -0.2) is 0 Å². The van der Waals surface area contributed by atoms with Gasteiger partial charge in [0.2, 0.25) is 0 Å². The van der Waals surface area contributed by atoms with Crippen molar-refractivity contribution in [2.24, 2.45) is 0 Å². The van der Waals surface area contributed by atoms with Gasteiger partial charge in [-0.15, -0.1) is 0 Å². The van der Waals surface area contributed by atoms with Crippen LogP contribution in [0.4, 0.5) is 0 Å². The van der Waals surface area contributed by atoms with Crippen molar-refractivity contribution in [3.8, 4) is 5.75 Å². The number of hydrogen-bond acceptors (Lipinski definition) is 3. The molecule has 122 valence electrons. The number of nitrogens with zero attached hydrogens (tertiary/aromatic N) is 2. The summed E-state index contributed by atoms with van der Waals surface area (Å²) in [7, 11) is 0. The Morgan fingerprint density at radius 1 is 1.30 bits per heavy atom. The SMILES string of the molecule is Cc1cc(C)n(CCCNCC2=Cc3cc(Br)ccc3OC2)n1. The topological polar surface area (TPSA) is 39.1 Å². The molecule has 1 N–H and O–H groups in total. The third kappa shape index (κ3) is 4.24. The zero-order valence-electron chi connectivity index (χ0n) is 13.6. The van der Waals surface area contributed by atoms with Crippen LogP contribution in [0.2, 0.25) is 0 Å². The summed E-state index contributed by atoms with van der Waals surface area (Å²) in [6.45, 7) is 7.60. The summed E-state index contributed by atoms with van der Waals surface area (Å²) >= 11 is 3.50. The van der Waals surface area contributed by atoms with Crippen LogP contribution in [0.25, 0.3) is 6.08 Å². The first-order valence-electron chi connectivity index (χ1n) is 7.95. The van der Waals surface area contributed by atoms with Crippen molar-refractivity contribution in [2.45, 2.75) is 26.8 Å². The van der Waals surface area contributed by atoms with Crippen molar-refractivity contribution in [1.82, 2.24) is 15.1 Å². The van der Waals surface area contributed by atoms with Crippen molar-refractivity contribution < 1.29 is 4.74 Å². The van der Waals surface area contributed by atoms with E-state index in [0.29, 0.717) is 6.61 Å². The van der Waals surface area contributed by atoms with Crippen molar-refractivity contribution in [1.29, 1.82) is 0 Å². The second kappa shape index (κ2) is 7.32. The highest BCUT2D eigenvalue weighted by atomic mass is 79.9. The van der Waals surface area contributed by atoms with E-state index in [9.17, 15) is 0 Å². The first-order valence-corrected chi connectivity index (χ1v) is 8.75. The standard InChI is InChI=1S/C18H22BrN3O/c1-13-8-14(2)22(21-13)7-3-6-20-11-15-9-16-10-17(19)4-5-18(16)23-12-15/h4-5,8-10,20H,3,6-7,11-12H2,1-2H3. The van der Waals surface area contributed by atoms with Crippen molar-refractivity contribution in [3.05, 3.63) is 51.3 Å². The minimum atomic E-state index is 0.666. The summed E-state index contributed by atoms with van der Waals surface area (Å²) in [5, 5.41) is 7.98. The van der Waals surface area contributed by atoms with Crippen LogP contribution < -0.4 is 10.1 Å². The largest absolute Gasteiger partial charge is 0.489 e. The van der Waals surface area contributed by atoms with Crippen LogP contribution >= 0.6 is 15.9 Å². The van der Waals surface area contributed by atoms with E-state index in [-0.39, 0.29) is 0 Å². The van der Waals surface area contributed by atoms with Crippen LogP contribution in [0.1, 0.15) is 23.4 Å². The Bertz CT molecular complexity index is 721. The lowest BCUT2D eigenvalue weighted by Gasteiger charge is -2.18. The van der Waals surface area contributed by atoms with Crippen LogP contribution in [0.15, 0.2) is 34.3 Å². The average molecular weight is 376 g/mol. The van der Waals surface area contributed by atoms with E-state index in [1.807, 2.05) is 19.1 Å². The number of halogens is 1. The molecular weight excluding hydrogens is 354 g/mol. The highest BCUT2D eigenvalue weighted by Crippen LogP contribution is 2.28. The third-order valence-corrected chi connectivity index (χ3v) is 4.42. The van der Waals surface area contributed by atoms with E-state index < -0.39 is 0 Å². The summed E-state index contributed by atoms with van der Waals surface area (Å²) in [4.78, 5) is 0. The minimum absolute atomic E-state index is 0.666. The highest BCUT2D eigenvalue weighted by molar-refractivity contribution is 9.10. The highest BCUT2D eigenvalue weighted by Gasteiger charge is 2.11. The summed E-state index contributed by atoms with van der Waals surface area (Å²) in [5.74, 6) is 0.960. The minimum Gasteiger partial charge on any atom is -0.489 e. The van der Waals surface area contributed by atoms with Gasteiger partial charge in [-0.1, -0.05) is 15.9 Å². The normalized spacial score (nSPS) is 13.4. The van der Waals surface area contributed by atoms with Crippen molar-refractivity contribution in [3.63, 3.8) is 0 Å². The first-order chi connectivity index (χ1) is 11.1. The van der Waals surface area contributed by atoms with Gasteiger partial charge in [0.25, 0.3) is 0 Å². The molecule has 23 heavy (non-hydrogen) atoms. The summed E-state index contributed by atoms with van der Waals surface area (Å²) < 4.78 is 8.95. The molecule has 1 aliphatic rings. The molecule has 0 fully saturated rings.